The normalized spacial score (nSPS) is 20.6. The van der Waals surface area contributed by atoms with Gasteiger partial charge in [0.1, 0.15) is 0 Å². The summed E-state index contributed by atoms with van der Waals surface area (Å²) in [6, 6.07) is 4.36. The lowest BCUT2D eigenvalue weighted by Gasteiger charge is -2.36. The van der Waals surface area contributed by atoms with Gasteiger partial charge in [0.2, 0.25) is 5.91 Å². The fourth-order valence-electron chi connectivity index (χ4n) is 4.22. The van der Waals surface area contributed by atoms with Crippen LogP contribution in [0.3, 0.4) is 0 Å². The molecule has 3 atom stereocenters. The van der Waals surface area contributed by atoms with Crippen molar-refractivity contribution < 1.29 is 22.8 Å². The van der Waals surface area contributed by atoms with Gasteiger partial charge in [-0.2, -0.15) is 13.2 Å². The molecule has 6 nitrogen and oxygen atoms in total. The first-order valence-corrected chi connectivity index (χ1v) is 12.9. The lowest BCUT2D eigenvalue weighted by Crippen LogP contribution is -2.49. The van der Waals surface area contributed by atoms with E-state index in [2.05, 4.69) is 42.1 Å². The first kappa shape index (κ1) is 27.1. The standard InChI is InChI=1S/C25H33F3N4O2S/c1-4-18-14-35-24(31-18)20-11-19(29-12-15(2)3)8-9-21(20)32-22(33)13-30-23(34)16-6-5-7-17(10-16)25(26,27)28/h5-7,10,14-15,19-21,29H,4,8-9,11-13H2,1-3H3,(H,30,34)(H,32,33)/t19-,20-,21+/m1/s1. The number of aryl methyl sites for hydroxylation is 1. The number of alkyl halides is 3. The number of aromatic nitrogens is 1. The lowest BCUT2D eigenvalue weighted by molar-refractivity contribution is -0.137. The van der Waals surface area contributed by atoms with E-state index < -0.39 is 17.6 Å². The first-order chi connectivity index (χ1) is 16.6. The number of thiazole rings is 1. The Balaban J connectivity index is 1.61. The molecule has 0 bridgehead atoms. The van der Waals surface area contributed by atoms with Crippen molar-refractivity contribution in [3.63, 3.8) is 0 Å². The summed E-state index contributed by atoms with van der Waals surface area (Å²) in [5, 5.41) is 12.1. The fraction of sp³-hybridized carbons (Fsp3) is 0.560. The molecular weight excluding hydrogens is 477 g/mol. The Morgan fingerprint density at radius 2 is 2.00 bits per heavy atom. The van der Waals surface area contributed by atoms with Gasteiger partial charge in [-0.1, -0.05) is 26.8 Å². The van der Waals surface area contributed by atoms with E-state index in [4.69, 9.17) is 4.98 Å². The van der Waals surface area contributed by atoms with Crippen LogP contribution < -0.4 is 16.0 Å². The molecule has 0 radical (unpaired) electrons. The molecule has 0 aliphatic heterocycles. The van der Waals surface area contributed by atoms with Crippen LogP contribution in [0.15, 0.2) is 29.6 Å². The van der Waals surface area contributed by atoms with Crippen LogP contribution in [0.5, 0.6) is 0 Å². The number of nitrogens with one attached hydrogen (secondary N) is 3. The summed E-state index contributed by atoms with van der Waals surface area (Å²) in [6.07, 6.45) is -1.16. The summed E-state index contributed by atoms with van der Waals surface area (Å²) in [6.45, 7) is 7.00. The van der Waals surface area contributed by atoms with Gasteiger partial charge >= 0.3 is 6.18 Å². The van der Waals surface area contributed by atoms with Gasteiger partial charge in [-0.05, 0) is 56.3 Å². The van der Waals surface area contributed by atoms with E-state index in [0.717, 1.165) is 55.1 Å². The fourth-order valence-corrected chi connectivity index (χ4v) is 5.30. The Morgan fingerprint density at radius 1 is 1.23 bits per heavy atom. The minimum Gasteiger partial charge on any atom is -0.351 e. The third kappa shape index (κ3) is 7.76. The number of rotatable bonds is 9. The van der Waals surface area contributed by atoms with E-state index >= 15 is 0 Å². The third-order valence-electron chi connectivity index (χ3n) is 6.12. The number of carbonyl (C=O) groups excluding carboxylic acids is 2. The molecule has 2 amide bonds. The van der Waals surface area contributed by atoms with Crippen LogP contribution in [0.2, 0.25) is 0 Å². The van der Waals surface area contributed by atoms with Crippen LogP contribution >= 0.6 is 11.3 Å². The van der Waals surface area contributed by atoms with Gasteiger partial charge in [0, 0.05) is 28.9 Å². The number of halogens is 3. The third-order valence-corrected chi connectivity index (χ3v) is 7.15. The van der Waals surface area contributed by atoms with Crippen molar-refractivity contribution >= 4 is 23.2 Å². The predicted octanol–water partition coefficient (Wildman–Crippen LogP) is 4.52. The van der Waals surface area contributed by atoms with Crippen LogP contribution in [0, 0.1) is 5.92 Å². The minimum atomic E-state index is -4.54. The molecule has 0 spiro atoms. The zero-order chi connectivity index (χ0) is 25.6. The molecule has 1 aliphatic carbocycles. The zero-order valence-electron chi connectivity index (χ0n) is 20.2. The summed E-state index contributed by atoms with van der Waals surface area (Å²) in [4.78, 5) is 29.8. The quantitative estimate of drug-likeness (QED) is 0.463. The Kier molecular flexibility index (Phi) is 9.29. The number of carbonyl (C=O) groups is 2. The second-order valence-electron chi connectivity index (χ2n) is 9.38. The van der Waals surface area contributed by atoms with Gasteiger partial charge in [0.15, 0.2) is 0 Å². The Hall–Kier alpha value is -2.46. The number of nitrogens with zero attached hydrogens (tertiary/aromatic N) is 1. The van der Waals surface area contributed by atoms with E-state index in [1.807, 2.05) is 0 Å². The summed E-state index contributed by atoms with van der Waals surface area (Å²) in [7, 11) is 0. The summed E-state index contributed by atoms with van der Waals surface area (Å²) < 4.78 is 38.8. The molecular formula is C25H33F3N4O2S. The second-order valence-corrected chi connectivity index (χ2v) is 10.3. The maximum atomic E-state index is 12.9. The van der Waals surface area contributed by atoms with Crippen molar-refractivity contribution in [3.05, 3.63) is 51.5 Å². The highest BCUT2D eigenvalue weighted by Crippen LogP contribution is 2.35. The Morgan fingerprint density at radius 3 is 2.66 bits per heavy atom. The molecule has 192 valence electrons. The van der Waals surface area contributed by atoms with E-state index in [9.17, 15) is 22.8 Å². The van der Waals surface area contributed by atoms with Crippen molar-refractivity contribution in [1.82, 2.24) is 20.9 Å². The predicted molar refractivity (Wildman–Crippen MR) is 130 cm³/mol. The molecule has 2 aromatic rings. The first-order valence-electron chi connectivity index (χ1n) is 12.0. The SMILES string of the molecule is CCc1csc([C@@H]2C[C@H](NCC(C)C)CC[C@@H]2NC(=O)CNC(=O)c2cccc(C(F)(F)F)c2)n1. The topological polar surface area (TPSA) is 83.1 Å². The van der Waals surface area contributed by atoms with Crippen LogP contribution in [0.4, 0.5) is 13.2 Å². The zero-order valence-corrected chi connectivity index (χ0v) is 21.1. The molecule has 1 heterocycles. The number of amides is 2. The van der Waals surface area contributed by atoms with E-state index in [1.54, 1.807) is 11.3 Å². The van der Waals surface area contributed by atoms with Crippen molar-refractivity contribution in [2.75, 3.05) is 13.1 Å². The smallest absolute Gasteiger partial charge is 0.351 e. The van der Waals surface area contributed by atoms with Crippen LogP contribution in [0.25, 0.3) is 0 Å². The van der Waals surface area contributed by atoms with Crippen molar-refractivity contribution in [1.29, 1.82) is 0 Å². The van der Waals surface area contributed by atoms with Crippen molar-refractivity contribution in [2.45, 2.75) is 70.6 Å². The number of hydrogen-bond acceptors (Lipinski definition) is 5. The highest BCUT2D eigenvalue weighted by atomic mass is 32.1. The molecule has 10 heteroatoms. The number of hydrogen-bond donors (Lipinski definition) is 3. The second kappa shape index (κ2) is 12.0. The molecule has 1 aromatic carbocycles. The highest BCUT2D eigenvalue weighted by Gasteiger charge is 2.34. The van der Waals surface area contributed by atoms with E-state index in [-0.39, 0.29) is 30.0 Å². The molecule has 3 N–H and O–H groups in total. The monoisotopic (exact) mass is 510 g/mol. The summed E-state index contributed by atoms with van der Waals surface area (Å²) in [5.41, 5.74) is -0.0204. The lowest BCUT2D eigenvalue weighted by atomic mass is 9.81. The van der Waals surface area contributed by atoms with Crippen molar-refractivity contribution in [2.24, 2.45) is 5.92 Å². The van der Waals surface area contributed by atoms with E-state index in [0.29, 0.717) is 12.0 Å². The van der Waals surface area contributed by atoms with Gasteiger partial charge in [-0.3, -0.25) is 9.59 Å². The van der Waals surface area contributed by atoms with Crippen LogP contribution in [-0.4, -0.2) is 42.0 Å². The van der Waals surface area contributed by atoms with Crippen LogP contribution in [-0.2, 0) is 17.4 Å². The summed E-state index contributed by atoms with van der Waals surface area (Å²) >= 11 is 1.60. The molecule has 1 aliphatic rings. The number of benzene rings is 1. The molecule has 1 saturated carbocycles. The minimum absolute atomic E-state index is 0.0573. The average Bonchev–Trinajstić information content (AvgIpc) is 3.30. The molecule has 35 heavy (non-hydrogen) atoms. The average molecular weight is 511 g/mol. The molecule has 0 saturated heterocycles. The molecule has 0 unspecified atom stereocenters. The van der Waals surface area contributed by atoms with E-state index in [1.165, 1.54) is 12.1 Å². The largest absolute Gasteiger partial charge is 0.416 e. The Labute approximate surface area is 208 Å². The van der Waals surface area contributed by atoms with Gasteiger partial charge in [0.05, 0.1) is 22.8 Å². The summed E-state index contributed by atoms with van der Waals surface area (Å²) in [5.74, 6) is -0.502. The molecule has 3 rings (SSSR count). The van der Waals surface area contributed by atoms with Crippen molar-refractivity contribution in [3.8, 4) is 0 Å². The maximum Gasteiger partial charge on any atom is 0.416 e. The molecule has 1 fully saturated rings. The van der Waals surface area contributed by atoms with Gasteiger partial charge in [-0.25, -0.2) is 4.98 Å². The van der Waals surface area contributed by atoms with Gasteiger partial charge in [-0.15, -0.1) is 11.3 Å². The van der Waals surface area contributed by atoms with Crippen LogP contribution in [0.1, 0.15) is 72.6 Å². The maximum absolute atomic E-state index is 12.9. The highest BCUT2D eigenvalue weighted by molar-refractivity contribution is 7.09. The Bertz CT molecular complexity index is 1010. The van der Waals surface area contributed by atoms with Gasteiger partial charge in [0.25, 0.3) is 5.91 Å². The van der Waals surface area contributed by atoms with Gasteiger partial charge < -0.3 is 16.0 Å². The molecule has 1 aromatic heterocycles.